The third kappa shape index (κ3) is 7.81. The summed E-state index contributed by atoms with van der Waals surface area (Å²) in [7, 11) is 0. The van der Waals surface area contributed by atoms with Crippen LogP contribution in [-0.2, 0) is 38.9 Å². The largest absolute Gasteiger partial charge is 0.468 e. The molecule has 1 aromatic heterocycles. The zero-order chi connectivity index (χ0) is 53.8. The molecule has 0 atom stereocenters. The lowest BCUT2D eigenvalue weighted by Gasteiger charge is -2.47. The Hall–Kier alpha value is -6.46. The number of nitrogens with zero attached hydrogens (tertiary/aromatic N) is 3. The highest BCUT2D eigenvalue weighted by Gasteiger charge is 2.50. The van der Waals surface area contributed by atoms with Crippen LogP contribution in [0.1, 0.15) is 180 Å². The van der Waals surface area contributed by atoms with E-state index >= 15 is 0 Å². The highest BCUT2D eigenvalue weighted by atomic mass is 16.3. The number of rotatable bonds is 7. The summed E-state index contributed by atoms with van der Waals surface area (Å²) in [6.45, 7) is 31.5. The van der Waals surface area contributed by atoms with Gasteiger partial charge in [0.2, 0.25) is 0 Å². The Morgan fingerprint density at radius 1 is 0.506 bits per heavy atom. The van der Waals surface area contributed by atoms with E-state index in [2.05, 4.69) is 244 Å². The normalized spacial score (nSPS) is 19.1. The van der Waals surface area contributed by atoms with Gasteiger partial charge in [-0.1, -0.05) is 164 Å². The van der Waals surface area contributed by atoms with Gasteiger partial charge in [0.25, 0.3) is 6.71 Å². The number of hydrogen-bond acceptors (Lipinski definition) is 4. The van der Waals surface area contributed by atoms with E-state index in [1.54, 1.807) is 0 Å². The molecule has 2 aliphatic heterocycles. The summed E-state index contributed by atoms with van der Waals surface area (Å²) in [6.07, 6.45) is 10.6. The molecule has 5 heteroatoms. The van der Waals surface area contributed by atoms with Crippen LogP contribution in [0.15, 0.2) is 144 Å². The number of para-hydroxylation sites is 2. The first-order valence-electron chi connectivity index (χ1n) is 29.3. The Labute approximate surface area is 461 Å². The molecule has 8 aromatic rings. The number of furan rings is 1. The number of hydrogen-bond donors (Lipinski definition) is 0. The Morgan fingerprint density at radius 2 is 1.04 bits per heavy atom. The molecular weight excluding hydrogens is 934 g/mol. The van der Waals surface area contributed by atoms with E-state index in [1.807, 2.05) is 0 Å². The second-order valence-electron chi connectivity index (χ2n) is 28.0. The SMILES string of the molecule is CCc1cc2c3c(oc2cc1C1(C)CCCC1)B1c2cc4c(cc2N(c2ccc5c(c2)C(C)(C)CCC5(C)C)c2cc(N(c5ccccc5)c5ccccc5)cc(c21)N3c1ccc(C(C)(C)C)cc1)C(C)(C)CCC4(C)C. The second kappa shape index (κ2) is 17.3. The quantitative estimate of drug-likeness (QED) is 0.148. The van der Waals surface area contributed by atoms with Crippen molar-refractivity contribution in [2.45, 2.75) is 180 Å². The Balaban J connectivity index is 1.20. The summed E-state index contributed by atoms with van der Waals surface area (Å²) in [5.74, 6) is 0. The Kier molecular flexibility index (Phi) is 11.2. The van der Waals surface area contributed by atoms with Gasteiger partial charge in [-0.2, -0.15) is 0 Å². The van der Waals surface area contributed by atoms with Crippen molar-refractivity contribution < 1.29 is 4.42 Å². The predicted molar refractivity (Wildman–Crippen MR) is 329 cm³/mol. The molecule has 3 heterocycles. The van der Waals surface area contributed by atoms with Crippen molar-refractivity contribution in [1.29, 1.82) is 0 Å². The maximum Gasteiger partial charge on any atom is 0.297 e. The first-order chi connectivity index (χ1) is 36.6. The lowest BCUT2D eigenvalue weighted by molar-refractivity contribution is 0.332. The van der Waals surface area contributed by atoms with Crippen LogP contribution >= 0.6 is 0 Å². The average molecular weight is 1010 g/mol. The van der Waals surface area contributed by atoms with Crippen LogP contribution in [0.5, 0.6) is 0 Å². The van der Waals surface area contributed by atoms with Crippen LogP contribution in [0.4, 0.5) is 51.2 Å². The van der Waals surface area contributed by atoms with Gasteiger partial charge in [-0.05, 0) is 206 Å². The molecule has 5 aliphatic rings. The highest BCUT2D eigenvalue weighted by Crippen LogP contribution is 2.55. The summed E-state index contributed by atoms with van der Waals surface area (Å²) < 4.78 is 7.82. The van der Waals surface area contributed by atoms with Crippen molar-refractivity contribution in [2.24, 2.45) is 0 Å². The van der Waals surface area contributed by atoms with E-state index < -0.39 is 0 Å². The predicted octanol–water partition coefficient (Wildman–Crippen LogP) is 18.4. The van der Waals surface area contributed by atoms with Gasteiger partial charge in [-0.3, -0.25) is 0 Å². The van der Waals surface area contributed by atoms with Gasteiger partial charge in [0.05, 0.1) is 17.0 Å². The number of aryl methyl sites for hydroxylation is 1. The van der Waals surface area contributed by atoms with Gasteiger partial charge in [0, 0.05) is 45.2 Å². The van der Waals surface area contributed by atoms with Crippen LogP contribution in [0.3, 0.4) is 0 Å². The van der Waals surface area contributed by atoms with Crippen LogP contribution in [0.2, 0.25) is 0 Å². The molecule has 1 fully saturated rings. The molecular formula is C72H80BN3O. The van der Waals surface area contributed by atoms with Crippen LogP contribution in [-0.4, -0.2) is 6.71 Å². The minimum absolute atomic E-state index is 0.00115. The fourth-order valence-corrected chi connectivity index (χ4v) is 15.0. The van der Waals surface area contributed by atoms with Gasteiger partial charge in [-0.15, -0.1) is 0 Å². The number of anilines is 9. The average Bonchev–Trinajstić information content (AvgIpc) is 4.19. The maximum absolute atomic E-state index is 7.82. The topological polar surface area (TPSA) is 22.9 Å². The van der Waals surface area contributed by atoms with E-state index in [4.69, 9.17) is 4.42 Å². The molecule has 0 spiro atoms. The molecule has 0 bridgehead atoms. The molecule has 13 rings (SSSR count). The van der Waals surface area contributed by atoms with Crippen molar-refractivity contribution in [3.63, 3.8) is 0 Å². The summed E-state index contributed by atoms with van der Waals surface area (Å²) in [5.41, 5.74) is 25.5. The summed E-state index contributed by atoms with van der Waals surface area (Å²) in [5, 5.41) is 1.20. The molecule has 1 saturated carbocycles. The summed E-state index contributed by atoms with van der Waals surface area (Å²) >= 11 is 0. The first kappa shape index (κ1) is 50.1. The molecule has 4 nitrogen and oxygen atoms in total. The molecule has 3 aliphatic carbocycles. The van der Waals surface area contributed by atoms with E-state index in [0.717, 1.165) is 59.7 Å². The van der Waals surface area contributed by atoms with Crippen LogP contribution in [0, 0.1) is 0 Å². The fraction of sp³-hybridized carbons (Fsp3) is 0.389. The second-order valence-corrected chi connectivity index (χ2v) is 28.0. The molecule has 0 N–H and O–H groups in total. The standard InChI is InChI=1S/C72H80BN3O/c1-14-46-39-53-63(45-55(46)72(13)33-21-22-34-72)77-66-65(53)76(50-29-27-47(28-30-50)67(2,3)4)62-42-52(74(48-23-17-15-18-24-48)49-25-19-16-20-26-49)41-61-64(62)73(66)59-43-57-58(71(11,12)38-37-70(57,9)10)44-60(59)75(61)51-31-32-54-56(40-51)69(7,8)36-35-68(54,5)6/h15-20,23-32,39-45H,14,21-22,33-38H2,1-13H3. The molecule has 77 heavy (non-hydrogen) atoms. The van der Waals surface area contributed by atoms with Crippen molar-refractivity contribution in [3.05, 3.63) is 178 Å². The van der Waals surface area contributed by atoms with Crippen molar-refractivity contribution in [2.75, 3.05) is 14.7 Å². The van der Waals surface area contributed by atoms with Crippen molar-refractivity contribution in [1.82, 2.24) is 0 Å². The van der Waals surface area contributed by atoms with Crippen molar-refractivity contribution in [3.8, 4) is 0 Å². The van der Waals surface area contributed by atoms with Gasteiger partial charge in [0.1, 0.15) is 5.58 Å². The maximum atomic E-state index is 7.82. The van der Waals surface area contributed by atoms with Gasteiger partial charge in [0.15, 0.2) is 0 Å². The van der Waals surface area contributed by atoms with Gasteiger partial charge < -0.3 is 19.1 Å². The highest BCUT2D eigenvalue weighted by molar-refractivity contribution is 7.00. The van der Waals surface area contributed by atoms with Crippen molar-refractivity contribution >= 4 is 85.5 Å². The van der Waals surface area contributed by atoms with E-state index in [1.165, 1.54) is 116 Å². The molecule has 0 saturated heterocycles. The Bertz CT molecular complexity index is 3600. The number of benzene rings is 7. The minimum atomic E-state index is -0.176. The minimum Gasteiger partial charge on any atom is -0.468 e. The zero-order valence-electron chi connectivity index (χ0n) is 48.5. The molecule has 0 unspecified atom stereocenters. The monoisotopic (exact) mass is 1010 g/mol. The summed E-state index contributed by atoms with van der Waals surface area (Å²) in [4.78, 5) is 7.79. The number of fused-ring (bicyclic) bond motifs is 8. The smallest absolute Gasteiger partial charge is 0.297 e. The van der Waals surface area contributed by atoms with E-state index in [-0.39, 0.29) is 39.2 Å². The van der Waals surface area contributed by atoms with Gasteiger partial charge >= 0.3 is 0 Å². The van der Waals surface area contributed by atoms with E-state index in [0.29, 0.717) is 0 Å². The first-order valence-corrected chi connectivity index (χ1v) is 29.3. The molecule has 0 amide bonds. The molecule has 7 aromatic carbocycles. The zero-order valence-corrected chi connectivity index (χ0v) is 48.5. The van der Waals surface area contributed by atoms with Crippen LogP contribution < -0.4 is 31.3 Å². The summed E-state index contributed by atoms with van der Waals surface area (Å²) in [6, 6.07) is 54.5. The fourth-order valence-electron chi connectivity index (χ4n) is 15.0. The third-order valence-corrected chi connectivity index (χ3v) is 20.0. The van der Waals surface area contributed by atoms with Gasteiger partial charge in [-0.25, -0.2) is 0 Å². The molecule has 392 valence electrons. The lowest BCUT2D eigenvalue weighted by Crippen LogP contribution is -2.61. The van der Waals surface area contributed by atoms with Crippen LogP contribution in [0.25, 0.3) is 11.0 Å². The third-order valence-electron chi connectivity index (χ3n) is 20.0. The Morgan fingerprint density at radius 3 is 1.61 bits per heavy atom. The lowest BCUT2D eigenvalue weighted by atomic mass is 9.35. The molecule has 0 radical (unpaired) electrons. The van der Waals surface area contributed by atoms with E-state index in [9.17, 15) is 0 Å².